The predicted octanol–water partition coefficient (Wildman–Crippen LogP) is 4.93. The molecule has 0 saturated heterocycles. The number of alkyl carbamates (subject to hydrolysis) is 1. The van der Waals surface area contributed by atoms with E-state index in [0.717, 1.165) is 26.7 Å². The number of hydrogen-bond acceptors (Lipinski definition) is 10. The summed E-state index contributed by atoms with van der Waals surface area (Å²) in [5, 5.41) is 23.2. The molecule has 0 aliphatic carbocycles. The number of aliphatic hydroxyl groups excluding tert-OH is 1. The number of aliphatic hydroxyl groups is 1. The maximum Gasteiger partial charge on any atom is 0.407 e. The summed E-state index contributed by atoms with van der Waals surface area (Å²) in [7, 11) is 3.25. The Morgan fingerprint density at radius 3 is 2.22 bits per heavy atom. The SMILES string of the molecule is COCc1nc(CN(C)C(=O)N[C@H](C(=O)N[C@@H](Cc2ccccc2)C[C@H](O)[C@H](Cc2ccccc2)NC(=O)OCc2cncs2)C(C)C)cs1. The molecule has 2 aromatic heterocycles. The van der Waals surface area contributed by atoms with Crippen LogP contribution < -0.4 is 16.0 Å². The zero-order valence-electron chi connectivity index (χ0n) is 28.8. The zero-order valence-corrected chi connectivity index (χ0v) is 30.4. The van der Waals surface area contributed by atoms with E-state index in [1.165, 1.54) is 27.6 Å². The van der Waals surface area contributed by atoms with Gasteiger partial charge in [0.1, 0.15) is 17.7 Å². The molecule has 4 aromatic rings. The van der Waals surface area contributed by atoms with Crippen LogP contribution in [0.4, 0.5) is 9.59 Å². The van der Waals surface area contributed by atoms with Gasteiger partial charge in [-0.25, -0.2) is 14.6 Å². The lowest BCUT2D eigenvalue weighted by atomic mass is 9.93. The first-order valence-corrected chi connectivity index (χ1v) is 18.2. The van der Waals surface area contributed by atoms with Crippen LogP contribution in [0.1, 0.15) is 47.0 Å². The van der Waals surface area contributed by atoms with Crippen LogP contribution in [-0.2, 0) is 46.9 Å². The Morgan fingerprint density at radius 2 is 1.60 bits per heavy atom. The van der Waals surface area contributed by atoms with Crippen LogP contribution in [0.5, 0.6) is 0 Å². The van der Waals surface area contributed by atoms with Crippen molar-refractivity contribution in [2.75, 3.05) is 14.2 Å². The highest BCUT2D eigenvalue weighted by Gasteiger charge is 2.31. The number of carbonyl (C=O) groups excluding carboxylic acids is 3. The molecule has 4 atom stereocenters. The molecular weight excluding hydrogens is 677 g/mol. The van der Waals surface area contributed by atoms with Crippen LogP contribution in [0.25, 0.3) is 0 Å². The van der Waals surface area contributed by atoms with Crippen molar-refractivity contribution in [2.45, 2.75) is 77.1 Å². The van der Waals surface area contributed by atoms with Gasteiger partial charge >= 0.3 is 12.1 Å². The number of thiazole rings is 2. The summed E-state index contributed by atoms with van der Waals surface area (Å²) < 4.78 is 10.6. The number of amides is 4. The smallest absolute Gasteiger partial charge is 0.407 e. The zero-order chi connectivity index (χ0) is 35.9. The van der Waals surface area contributed by atoms with E-state index in [1.54, 1.807) is 25.9 Å². The van der Waals surface area contributed by atoms with Gasteiger partial charge in [-0.3, -0.25) is 9.78 Å². The number of urea groups is 1. The molecule has 0 saturated carbocycles. The van der Waals surface area contributed by atoms with Gasteiger partial charge in [0.15, 0.2) is 0 Å². The topological polar surface area (TPSA) is 155 Å². The molecule has 0 radical (unpaired) electrons. The van der Waals surface area contributed by atoms with E-state index in [-0.39, 0.29) is 31.4 Å². The van der Waals surface area contributed by atoms with Crippen molar-refractivity contribution < 1.29 is 29.0 Å². The van der Waals surface area contributed by atoms with Crippen LogP contribution in [-0.4, -0.2) is 76.4 Å². The number of ether oxygens (including phenoxy) is 2. The molecule has 0 spiro atoms. The standard InChI is InChI=1S/C36H46N6O6S2/c1-24(2)33(41-35(45)42(3)19-28-22-49-32(38-28)21-47-4)34(44)39-27(15-25-11-7-5-8-12-25)17-31(43)30(16-26-13-9-6-10-14-26)40-36(46)48-20-29-18-37-23-50-29/h5-14,18,22-24,27,30-31,33,43H,15-17,19-21H2,1-4H3,(H,39,44)(H,40,46)(H,41,45)/t27-,30-,31-,33-/m0/s1. The maximum atomic E-state index is 13.9. The van der Waals surface area contributed by atoms with Gasteiger partial charge in [-0.2, -0.15) is 0 Å². The summed E-state index contributed by atoms with van der Waals surface area (Å²) in [5.74, 6) is -0.606. The number of hydrogen-bond donors (Lipinski definition) is 4. The van der Waals surface area contributed by atoms with Crippen LogP contribution >= 0.6 is 22.7 Å². The lowest BCUT2D eigenvalue weighted by Gasteiger charge is -2.30. The van der Waals surface area contributed by atoms with Crippen LogP contribution in [0.15, 0.2) is 77.8 Å². The Kier molecular flexibility index (Phi) is 15.2. The molecule has 4 N–H and O–H groups in total. The molecule has 12 nitrogen and oxygen atoms in total. The van der Waals surface area contributed by atoms with Gasteiger partial charge in [0.25, 0.3) is 0 Å². The Bertz CT molecular complexity index is 1610. The van der Waals surface area contributed by atoms with Crippen molar-refractivity contribution in [1.29, 1.82) is 0 Å². The summed E-state index contributed by atoms with van der Waals surface area (Å²) >= 11 is 2.84. The molecule has 14 heteroatoms. The van der Waals surface area contributed by atoms with E-state index in [2.05, 4.69) is 25.9 Å². The second kappa shape index (κ2) is 19.7. The second-order valence-electron chi connectivity index (χ2n) is 12.4. The second-order valence-corrected chi connectivity index (χ2v) is 14.3. The minimum atomic E-state index is -1.06. The molecule has 268 valence electrons. The Morgan fingerprint density at radius 1 is 0.920 bits per heavy atom. The Labute approximate surface area is 301 Å². The normalized spacial score (nSPS) is 13.6. The monoisotopic (exact) mass is 722 g/mol. The molecule has 0 fully saturated rings. The first-order valence-electron chi connectivity index (χ1n) is 16.4. The highest BCUT2D eigenvalue weighted by molar-refractivity contribution is 7.09. The van der Waals surface area contributed by atoms with Gasteiger partial charge in [-0.05, 0) is 36.3 Å². The summed E-state index contributed by atoms with van der Waals surface area (Å²) in [6, 6.07) is 16.7. The van der Waals surface area contributed by atoms with E-state index in [0.29, 0.717) is 19.4 Å². The fourth-order valence-electron chi connectivity index (χ4n) is 5.34. The first kappa shape index (κ1) is 38.4. The van der Waals surface area contributed by atoms with Crippen LogP contribution in [0.2, 0.25) is 0 Å². The van der Waals surface area contributed by atoms with Crippen molar-refractivity contribution in [3.8, 4) is 0 Å². The van der Waals surface area contributed by atoms with E-state index < -0.39 is 36.4 Å². The third kappa shape index (κ3) is 12.5. The van der Waals surface area contributed by atoms with E-state index in [1.807, 2.05) is 79.9 Å². The molecule has 4 rings (SSSR count). The summed E-state index contributed by atoms with van der Waals surface area (Å²) in [5.41, 5.74) is 4.27. The Balaban J connectivity index is 1.46. The lowest BCUT2D eigenvalue weighted by Crippen LogP contribution is -2.55. The molecular formula is C36H46N6O6S2. The van der Waals surface area contributed by atoms with Crippen LogP contribution in [0.3, 0.4) is 0 Å². The minimum Gasteiger partial charge on any atom is -0.444 e. The van der Waals surface area contributed by atoms with Crippen molar-refractivity contribution in [3.05, 3.63) is 104 Å². The van der Waals surface area contributed by atoms with Crippen molar-refractivity contribution >= 4 is 40.7 Å². The maximum absolute atomic E-state index is 13.9. The van der Waals surface area contributed by atoms with Crippen LogP contribution in [0, 0.1) is 5.92 Å². The summed E-state index contributed by atoms with van der Waals surface area (Å²) in [4.78, 5) is 50.7. The average molecular weight is 723 g/mol. The highest BCUT2D eigenvalue weighted by atomic mass is 32.1. The van der Waals surface area contributed by atoms with Gasteiger partial charge in [0.05, 0.1) is 41.4 Å². The lowest BCUT2D eigenvalue weighted by molar-refractivity contribution is -0.124. The molecule has 0 bridgehead atoms. The van der Waals surface area contributed by atoms with Gasteiger partial charge in [-0.15, -0.1) is 22.7 Å². The number of aromatic nitrogens is 2. The average Bonchev–Trinajstić information content (AvgIpc) is 3.79. The van der Waals surface area contributed by atoms with Crippen molar-refractivity contribution in [1.82, 2.24) is 30.8 Å². The number of methoxy groups -OCH3 is 1. The fraction of sp³-hybridized carbons (Fsp3) is 0.417. The number of nitrogens with one attached hydrogen (secondary N) is 3. The quantitative estimate of drug-likeness (QED) is 0.113. The number of carbonyl (C=O) groups is 3. The van der Waals surface area contributed by atoms with E-state index in [9.17, 15) is 19.5 Å². The van der Waals surface area contributed by atoms with E-state index in [4.69, 9.17) is 9.47 Å². The first-order chi connectivity index (χ1) is 24.1. The number of rotatable bonds is 18. The molecule has 0 aliphatic rings. The fourth-order valence-corrected chi connectivity index (χ4v) is 6.60. The van der Waals surface area contributed by atoms with Crippen molar-refractivity contribution in [2.24, 2.45) is 5.92 Å². The molecule has 4 amide bonds. The molecule has 2 heterocycles. The summed E-state index contributed by atoms with van der Waals surface area (Å²) in [6.07, 6.45) is 0.798. The molecule has 50 heavy (non-hydrogen) atoms. The molecule has 0 unspecified atom stereocenters. The van der Waals surface area contributed by atoms with Gasteiger partial charge < -0.3 is 35.4 Å². The third-order valence-corrected chi connectivity index (χ3v) is 9.56. The predicted molar refractivity (Wildman–Crippen MR) is 194 cm³/mol. The Hall–Kier alpha value is -4.37. The van der Waals surface area contributed by atoms with Gasteiger partial charge in [-0.1, -0.05) is 74.5 Å². The highest BCUT2D eigenvalue weighted by Crippen LogP contribution is 2.17. The van der Waals surface area contributed by atoms with Gasteiger partial charge in [0.2, 0.25) is 5.91 Å². The number of nitrogens with zero attached hydrogens (tertiary/aromatic N) is 3. The van der Waals surface area contributed by atoms with Gasteiger partial charge in [0, 0.05) is 31.8 Å². The minimum absolute atomic E-state index is 0.0630. The van der Waals surface area contributed by atoms with E-state index >= 15 is 0 Å². The largest absolute Gasteiger partial charge is 0.444 e. The van der Waals surface area contributed by atoms with Crippen molar-refractivity contribution in [3.63, 3.8) is 0 Å². The number of benzene rings is 2. The third-order valence-electron chi connectivity index (χ3n) is 7.93. The molecule has 0 aliphatic heterocycles. The summed E-state index contributed by atoms with van der Waals surface area (Å²) in [6.45, 7) is 4.45. The molecule has 2 aromatic carbocycles.